The molecule has 2 aliphatic heterocycles. The predicted octanol–water partition coefficient (Wildman–Crippen LogP) is 4.12. The summed E-state index contributed by atoms with van der Waals surface area (Å²) in [4.78, 5) is 21.6. The van der Waals surface area contributed by atoms with Crippen molar-refractivity contribution in [2.45, 2.75) is 37.8 Å². The molecular weight excluding hydrogens is 410 g/mol. The molecule has 5 rings (SSSR count). The average Bonchev–Trinajstić information content (AvgIpc) is 2.84. The van der Waals surface area contributed by atoms with Crippen molar-refractivity contribution in [2.75, 3.05) is 26.2 Å². The molecule has 3 atom stereocenters. The van der Waals surface area contributed by atoms with E-state index >= 15 is 0 Å². The van der Waals surface area contributed by atoms with Gasteiger partial charge in [-0.05, 0) is 55.1 Å². The fourth-order valence-electron chi connectivity index (χ4n) is 5.45. The number of carbonyl (C=O) groups is 1. The van der Waals surface area contributed by atoms with Crippen molar-refractivity contribution < 1.29 is 9.90 Å². The summed E-state index contributed by atoms with van der Waals surface area (Å²) >= 11 is 0. The lowest BCUT2D eigenvalue weighted by molar-refractivity contribution is -0.0606. The first-order chi connectivity index (χ1) is 16.2. The Labute approximate surface area is 195 Å². The third kappa shape index (κ3) is 4.31. The second-order valence-electron chi connectivity index (χ2n) is 9.26. The minimum atomic E-state index is 0.0696. The van der Waals surface area contributed by atoms with Crippen molar-refractivity contribution in [1.29, 1.82) is 0 Å². The maximum atomic E-state index is 13.2. The first kappa shape index (κ1) is 21.8. The van der Waals surface area contributed by atoms with E-state index in [4.69, 9.17) is 0 Å². The third-order valence-electron chi connectivity index (χ3n) is 7.26. The normalized spacial score (nSPS) is 23.2. The van der Waals surface area contributed by atoms with E-state index in [0.29, 0.717) is 12.1 Å². The van der Waals surface area contributed by atoms with Crippen LogP contribution in [0.3, 0.4) is 0 Å². The van der Waals surface area contributed by atoms with Crippen LogP contribution in [0.15, 0.2) is 73.1 Å². The number of fused-ring (bicyclic) bond motifs is 1. The number of amides is 1. The Bertz CT molecular complexity index is 1080. The predicted molar refractivity (Wildman–Crippen MR) is 130 cm³/mol. The lowest BCUT2D eigenvalue weighted by atomic mass is 9.74. The van der Waals surface area contributed by atoms with Gasteiger partial charge in [0.25, 0.3) is 5.91 Å². The number of aliphatic hydroxyl groups is 1. The van der Waals surface area contributed by atoms with E-state index in [2.05, 4.69) is 65.3 Å². The number of hydrogen-bond donors (Lipinski definition) is 1. The van der Waals surface area contributed by atoms with E-state index < -0.39 is 0 Å². The molecule has 0 saturated carbocycles. The molecule has 0 spiro atoms. The Morgan fingerprint density at radius 1 is 0.939 bits per heavy atom. The van der Waals surface area contributed by atoms with Crippen molar-refractivity contribution in [1.82, 2.24) is 14.8 Å². The van der Waals surface area contributed by atoms with Gasteiger partial charge in [-0.15, -0.1) is 0 Å². The molecule has 3 aromatic rings. The molecule has 5 heteroatoms. The highest BCUT2D eigenvalue weighted by Crippen LogP contribution is 2.42. The molecule has 170 valence electrons. The van der Waals surface area contributed by atoms with Crippen LogP contribution in [0.4, 0.5) is 0 Å². The summed E-state index contributed by atoms with van der Waals surface area (Å²) in [5.74, 6) is 0.285. The molecule has 1 aromatic heterocycles. The largest absolute Gasteiger partial charge is 0.395 e. The highest BCUT2D eigenvalue weighted by Gasteiger charge is 2.49. The first-order valence-electron chi connectivity index (χ1n) is 11.9. The molecule has 2 aliphatic rings. The Balaban J connectivity index is 1.38. The van der Waals surface area contributed by atoms with Crippen LogP contribution in [-0.4, -0.2) is 64.1 Å². The van der Waals surface area contributed by atoms with Gasteiger partial charge < -0.3 is 10.0 Å². The van der Waals surface area contributed by atoms with Crippen molar-refractivity contribution in [2.24, 2.45) is 0 Å². The van der Waals surface area contributed by atoms with E-state index in [0.717, 1.165) is 25.9 Å². The highest BCUT2D eigenvalue weighted by atomic mass is 16.3. The van der Waals surface area contributed by atoms with E-state index in [9.17, 15) is 9.90 Å². The monoisotopic (exact) mass is 441 g/mol. The standard InChI is InChI=1S/C28H31N3O2/c1-20-4-6-21(7-5-20)22-8-10-23(11-9-22)27-25-18-30(28(33)24-12-14-29-15-13-24)16-2-3-17-31(25)26(27)19-32/h4-15,25-27,32H,2-3,16-19H2,1H3/t25-,26-,27-/m0/s1. The number of aromatic nitrogens is 1. The highest BCUT2D eigenvalue weighted by molar-refractivity contribution is 5.94. The van der Waals surface area contributed by atoms with Crippen molar-refractivity contribution >= 4 is 5.91 Å². The molecule has 0 aliphatic carbocycles. The zero-order valence-corrected chi connectivity index (χ0v) is 19.1. The number of pyridine rings is 1. The topological polar surface area (TPSA) is 56.7 Å². The van der Waals surface area contributed by atoms with E-state index in [1.54, 1.807) is 24.5 Å². The van der Waals surface area contributed by atoms with Gasteiger partial charge in [-0.1, -0.05) is 54.1 Å². The summed E-state index contributed by atoms with van der Waals surface area (Å²) in [7, 11) is 0. The zero-order valence-electron chi connectivity index (χ0n) is 19.1. The van der Waals surface area contributed by atoms with Gasteiger partial charge in [0.15, 0.2) is 0 Å². The molecule has 5 nitrogen and oxygen atoms in total. The molecule has 2 aromatic carbocycles. The number of hydrogen-bond acceptors (Lipinski definition) is 4. The molecule has 3 heterocycles. The number of rotatable bonds is 4. The minimum Gasteiger partial charge on any atom is -0.395 e. The summed E-state index contributed by atoms with van der Waals surface area (Å²) in [6.45, 7) is 4.67. The van der Waals surface area contributed by atoms with E-state index in [-0.39, 0.29) is 30.5 Å². The summed E-state index contributed by atoms with van der Waals surface area (Å²) in [5.41, 5.74) is 5.59. The van der Waals surface area contributed by atoms with Gasteiger partial charge in [0, 0.05) is 49.0 Å². The maximum absolute atomic E-state index is 13.2. The Morgan fingerprint density at radius 2 is 1.58 bits per heavy atom. The van der Waals surface area contributed by atoms with Gasteiger partial charge >= 0.3 is 0 Å². The molecule has 0 bridgehead atoms. The smallest absolute Gasteiger partial charge is 0.254 e. The van der Waals surface area contributed by atoms with Crippen LogP contribution in [-0.2, 0) is 0 Å². The van der Waals surface area contributed by atoms with Gasteiger partial charge in [0.2, 0.25) is 0 Å². The SMILES string of the molecule is Cc1ccc(-c2ccc([C@@H]3[C@H](CO)N4CCCCN(C(=O)c5ccncc5)C[C@@H]34)cc2)cc1. The molecule has 33 heavy (non-hydrogen) atoms. The van der Waals surface area contributed by atoms with Gasteiger partial charge in [-0.3, -0.25) is 14.7 Å². The van der Waals surface area contributed by atoms with Crippen LogP contribution in [0.1, 0.15) is 40.2 Å². The fraction of sp³-hybridized carbons (Fsp3) is 0.357. The van der Waals surface area contributed by atoms with Crippen molar-refractivity contribution in [3.05, 3.63) is 89.7 Å². The summed E-state index contributed by atoms with van der Waals surface area (Å²) in [6.07, 6.45) is 5.36. The number of benzene rings is 2. The number of nitrogens with zero attached hydrogens (tertiary/aromatic N) is 3. The van der Waals surface area contributed by atoms with Crippen molar-refractivity contribution in [3.8, 4) is 11.1 Å². The fourth-order valence-corrected chi connectivity index (χ4v) is 5.45. The third-order valence-corrected chi connectivity index (χ3v) is 7.26. The number of aryl methyl sites for hydroxylation is 1. The van der Waals surface area contributed by atoms with Gasteiger partial charge in [0.1, 0.15) is 0 Å². The summed E-state index contributed by atoms with van der Waals surface area (Å²) in [5, 5.41) is 10.2. The van der Waals surface area contributed by atoms with Gasteiger partial charge in [-0.25, -0.2) is 0 Å². The molecule has 0 unspecified atom stereocenters. The maximum Gasteiger partial charge on any atom is 0.254 e. The molecular formula is C28H31N3O2. The minimum absolute atomic E-state index is 0.0696. The first-order valence-corrected chi connectivity index (χ1v) is 11.9. The summed E-state index contributed by atoms with van der Waals surface area (Å²) < 4.78 is 0. The van der Waals surface area contributed by atoms with Crippen LogP contribution >= 0.6 is 0 Å². The van der Waals surface area contributed by atoms with Crippen LogP contribution in [0.5, 0.6) is 0 Å². The number of aliphatic hydroxyl groups excluding tert-OH is 1. The lowest BCUT2D eigenvalue weighted by Crippen LogP contribution is -2.67. The quantitative estimate of drug-likeness (QED) is 0.662. The van der Waals surface area contributed by atoms with Gasteiger partial charge in [-0.2, -0.15) is 0 Å². The second kappa shape index (κ2) is 9.46. The average molecular weight is 442 g/mol. The van der Waals surface area contributed by atoms with Crippen molar-refractivity contribution in [3.63, 3.8) is 0 Å². The Hall–Kier alpha value is -3.02. The molecule has 2 saturated heterocycles. The molecule has 1 amide bonds. The van der Waals surface area contributed by atoms with E-state index in [1.165, 1.54) is 22.3 Å². The molecule has 1 N–H and O–H groups in total. The van der Waals surface area contributed by atoms with Crippen LogP contribution < -0.4 is 0 Å². The Kier molecular flexibility index (Phi) is 6.25. The van der Waals surface area contributed by atoms with Crippen LogP contribution in [0.2, 0.25) is 0 Å². The zero-order chi connectivity index (χ0) is 22.8. The Morgan fingerprint density at radius 3 is 2.24 bits per heavy atom. The van der Waals surface area contributed by atoms with E-state index in [1.807, 2.05) is 4.90 Å². The van der Waals surface area contributed by atoms with Crippen LogP contribution in [0, 0.1) is 6.92 Å². The molecule has 2 fully saturated rings. The number of carbonyl (C=O) groups excluding carboxylic acids is 1. The lowest BCUT2D eigenvalue weighted by Gasteiger charge is -2.57. The van der Waals surface area contributed by atoms with Gasteiger partial charge in [0.05, 0.1) is 6.61 Å². The van der Waals surface area contributed by atoms with Crippen LogP contribution in [0.25, 0.3) is 11.1 Å². The summed E-state index contributed by atoms with van der Waals surface area (Å²) in [6, 6.07) is 21.3. The molecule has 0 radical (unpaired) electrons. The second-order valence-corrected chi connectivity index (χ2v) is 9.26.